The zero-order chi connectivity index (χ0) is 13.8. The molecule has 1 heterocycles. The van der Waals surface area contributed by atoms with Crippen molar-refractivity contribution in [3.63, 3.8) is 0 Å². The van der Waals surface area contributed by atoms with Crippen LogP contribution in [0.5, 0.6) is 0 Å². The number of nitrogens with zero attached hydrogens (tertiary/aromatic N) is 2. The van der Waals surface area contributed by atoms with Crippen molar-refractivity contribution in [3.05, 3.63) is 52.8 Å². The number of benzene rings is 1. The Balaban J connectivity index is 2.25. The molecule has 0 fully saturated rings. The Labute approximate surface area is 110 Å². The summed E-state index contributed by atoms with van der Waals surface area (Å²) in [5, 5.41) is 10.5. The standard InChI is InChI=1S/C14H13N3O2/c1-9-6-13(10(2)17-16-9)14(19)15-12-5-3-4-11(7-12)8-18/h3-8H,1-2H3,(H,15,19). The minimum atomic E-state index is -0.265. The summed E-state index contributed by atoms with van der Waals surface area (Å²) in [4.78, 5) is 22.8. The first-order valence-electron chi connectivity index (χ1n) is 5.77. The van der Waals surface area contributed by atoms with E-state index in [1.807, 2.05) is 0 Å². The zero-order valence-electron chi connectivity index (χ0n) is 10.7. The third kappa shape index (κ3) is 3.01. The molecule has 0 unspecified atom stereocenters. The zero-order valence-corrected chi connectivity index (χ0v) is 10.7. The first kappa shape index (κ1) is 12.9. The number of aromatic nitrogens is 2. The van der Waals surface area contributed by atoms with Crippen LogP contribution in [0.4, 0.5) is 5.69 Å². The van der Waals surface area contributed by atoms with Crippen LogP contribution in [0.2, 0.25) is 0 Å². The topological polar surface area (TPSA) is 72.0 Å². The smallest absolute Gasteiger partial charge is 0.257 e. The summed E-state index contributed by atoms with van der Waals surface area (Å²) < 4.78 is 0. The van der Waals surface area contributed by atoms with E-state index in [2.05, 4.69) is 15.5 Å². The van der Waals surface area contributed by atoms with E-state index in [0.29, 0.717) is 28.2 Å². The normalized spacial score (nSPS) is 10.0. The molecule has 5 nitrogen and oxygen atoms in total. The van der Waals surface area contributed by atoms with Gasteiger partial charge in [-0.05, 0) is 32.0 Å². The molecule has 1 amide bonds. The van der Waals surface area contributed by atoms with Gasteiger partial charge in [0, 0.05) is 11.3 Å². The molecule has 0 bridgehead atoms. The summed E-state index contributed by atoms with van der Waals surface area (Å²) in [6.45, 7) is 3.50. The van der Waals surface area contributed by atoms with Crippen LogP contribution in [0.3, 0.4) is 0 Å². The van der Waals surface area contributed by atoms with Crippen molar-refractivity contribution in [1.82, 2.24) is 10.2 Å². The summed E-state index contributed by atoms with van der Waals surface area (Å²) >= 11 is 0. The second kappa shape index (κ2) is 5.39. The Morgan fingerprint density at radius 1 is 1.21 bits per heavy atom. The molecule has 1 aromatic carbocycles. The van der Waals surface area contributed by atoms with Gasteiger partial charge in [-0.2, -0.15) is 10.2 Å². The molecule has 0 aliphatic heterocycles. The third-order valence-corrected chi connectivity index (χ3v) is 2.63. The lowest BCUT2D eigenvalue weighted by Gasteiger charge is -2.07. The molecule has 0 saturated carbocycles. The van der Waals surface area contributed by atoms with E-state index >= 15 is 0 Å². The summed E-state index contributed by atoms with van der Waals surface area (Å²) in [7, 11) is 0. The number of anilines is 1. The number of carbonyl (C=O) groups is 2. The highest BCUT2D eigenvalue weighted by molar-refractivity contribution is 6.05. The largest absolute Gasteiger partial charge is 0.322 e. The Bertz CT molecular complexity index is 638. The van der Waals surface area contributed by atoms with Crippen LogP contribution in [0, 0.1) is 13.8 Å². The molecule has 1 aromatic heterocycles. The molecule has 0 aliphatic carbocycles. The number of hydrogen-bond donors (Lipinski definition) is 1. The third-order valence-electron chi connectivity index (χ3n) is 2.63. The van der Waals surface area contributed by atoms with Gasteiger partial charge in [0.05, 0.1) is 17.0 Å². The second-order valence-corrected chi connectivity index (χ2v) is 4.18. The maximum Gasteiger partial charge on any atom is 0.257 e. The fraction of sp³-hybridized carbons (Fsp3) is 0.143. The predicted molar refractivity (Wildman–Crippen MR) is 71.3 cm³/mol. The van der Waals surface area contributed by atoms with Gasteiger partial charge in [-0.1, -0.05) is 12.1 Å². The number of amides is 1. The highest BCUT2D eigenvalue weighted by atomic mass is 16.1. The molecule has 0 radical (unpaired) electrons. The highest BCUT2D eigenvalue weighted by Gasteiger charge is 2.11. The molecule has 2 aromatic rings. The molecular weight excluding hydrogens is 242 g/mol. The van der Waals surface area contributed by atoms with Gasteiger partial charge in [-0.25, -0.2) is 0 Å². The van der Waals surface area contributed by atoms with E-state index in [4.69, 9.17) is 0 Å². The molecular formula is C14H13N3O2. The van der Waals surface area contributed by atoms with E-state index in [1.54, 1.807) is 44.2 Å². The summed E-state index contributed by atoms with van der Waals surface area (Å²) in [6, 6.07) is 8.40. The number of hydrogen-bond acceptors (Lipinski definition) is 4. The van der Waals surface area contributed by atoms with E-state index in [0.717, 1.165) is 6.29 Å². The number of rotatable bonds is 3. The van der Waals surface area contributed by atoms with E-state index in [9.17, 15) is 9.59 Å². The Morgan fingerprint density at radius 2 is 2.00 bits per heavy atom. The van der Waals surface area contributed by atoms with Crippen molar-refractivity contribution in [2.75, 3.05) is 5.32 Å². The van der Waals surface area contributed by atoms with Crippen molar-refractivity contribution in [3.8, 4) is 0 Å². The number of nitrogens with one attached hydrogen (secondary N) is 1. The minimum Gasteiger partial charge on any atom is -0.322 e. The van der Waals surface area contributed by atoms with Crippen LogP contribution in [0.1, 0.15) is 32.1 Å². The Morgan fingerprint density at radius 3 is 2.74 bits per heavy atom. The van der Waals surface area contributed by atoms with Crippen LogP contribution in [0.15, 0.2) is 30.3 Å². The molecule has 96 valence electrons. The van der Waals surface area contributed by atoms with Crippen LogP contribution in [-0.2, 0) is 0 Å². The van der Waals surface area contributed by atoms with Crippen molar-refractivity contribution in [2.45, 2.75) is 13.8 Å². The maximum atomic E-state index is 12.1. The maximum absolute atomic E-state index is 12.1. The molecule has 5 heteroatoms. The molecule has 0 spiro atoms. The molecule has 0 saturated heterocycles. The average Bonchev–Trinajstić information content (AvgIpc) is 2.41. The van der Waals surface area contributed by atoms with Gasteiger partial charge in [0.2, 0.25) is 0 Å². The van der Waals surface area contributed by atoms with Gasteiger partial charge in [-0.15, -0.1) is 0 Å². The lowest BCUT2D eigenvalue weighted by atomic mass is 10.1. The number of aldehydes is 1. The average molecular weight is 255 g/mol. The summed E-state index contributed by atoms with van der Waals surface area (Å²) in [5.41, 5.74) is 2.80. The van der Waals surface area contributed by atoms with Gasteiger partial charge in [0.15, 0.2) is 0 Å². The van der Waals surface area contributed by atoms with Crippen LogP contribution in [0.25, 0.3) is 0 Å². The van der Waals surface area contributed by atoms with Gasteiger partial charge < -0.3 is 5.32 Å². The summed E-state index contributed by atoms with van der Waals surface area (Å²) in [6.07, 6.45) is 0.735. The minimum absolute atomic E-state index is 0.265. The van der Waals surface area contributed by atoms with Gasteiger partial charge in [-0.3, -0.25) is 9.59 Å². The lowest BCUT2D eigenvalue weighted by Crippen LogP contribution is -2.15. The second-order valence-electron chi connectivity index (χ2n) is 4.18. The lowest BCUT2D eigenvalue weighted by molar-refractivity contribution is 0.102. The van der Waals surface area contributed by atoms with Gasteiger partial charge >= 0.3 is 0 Å². The first-order chi connectivity index (χ1) is 9.10. The molecule has 0 atom stereocenters. The fourth-order valence-electron chi connectivity index (χ4n) is 1.67. The van der Waals surface area contributed by atoms with Crippen molar-refractivity contribution in [1.29, 1.82) is 0 Å². The van der Waals surface area contributed by atoms with Crippen LogP contribution in [-0.4, -0.2) is 22.4 Å². The SMILES string of the molecule is Cc1cc(C(=O)Nc2cccc(C=O)c2)c(C)nn1. The van der Waals surface area contributed by atoms with E-state index in [-0.39, 0.29) is 5.91 Å². The molecule has 19 heavy (non-hydrogen) atoms. The molecule has 2 rings (SSSR count). The van der Waals surface area contributed by atoms with Crippen molar-refractivity contribution >= 4 is 17.9 Å². The fourth-order valence-corrected chi connectivity index (χ4v) is 1.67. The van der Waals surface area contributed by atoms with E-state index in [1.165, 1.54) is 0 Å². The van der Waals surface area contributed by atoms with Crippen molar-refractivity contribution < 1.29 is 9.59 Å². The molecule has 1 N–H and O–H groups in total. The molecule has 0 aliphatic rings. The van der Waals surface area contributed by atoms with Gasteiger partial charge in [0.1, 0.15) is 6.29 Å². The summed E-state index contributed by atoms with van der Waals surface area (Å²) in [5.74, 6) is -0.265. The van der Waals surface area contributed by atoms with Crippen LogP contribution < -0.4 is 5.32 Å². The predicted octanol–water partition coefficient (Wildman–Crippen LogP) is 2.16. The Hall–Kier alpha value is -2.56. The van der Waals surface area contributed by atoms with Crippen LogP contribution >= 0.6 is 0 Å². The highest BCUT2D eigenvalue weighted by Crippen LogP contribution is 2.12. The first-order valence-corrected chi connectivity index (χ1v) is 5.77. The van der Waals surface area contributed by atoms with Crippen molar-refractivity contribution in [2.24, 2.45) is 0 Å². The van der Waals surface area contributed by atoms with Gasteiger partial charge in [0.25, 0.3) is 5.91 Å². The monoisotopic (exact) mass is 255 g/mol. The number of aryl methyl sites for hydroxylation is 2. The quantitative estimate of drug-likeness (QED) is 0.853. The van der Waals surface area contributed by atoms with E-state index < -0.39 is 0 Å². The number of carbonyl (C=O) groups excluding carboxylic acids is 2. The Kier molecular flexibility index (Phi) is 3.66.